The Kier molecular flexibility index (Phi) is 4.83. The standard InChI is InChI=1S/C15H14N2O3/c18-15(20-11-12-5-2-1-3-6-12)16-10-13-7-4-8-14(9-13)17-19/h1-9H,10-11H2,(H,16,18). The summed E-state index contributed by atoms with van der Waals surface area (Å²) in [6, 6.07) is 16.2. The molecule has 5 heteroatoms. The SMILES string of the molecule is O=Nc1cccc(CNC(=O)OCc2ccccc2)c1. The van der Waals surface area contributed by atoms with Crippen LogP contribution in [-0.4, -0.2) is 6.09 Å². The van der Waals surface area contributed by atoms with Gasteiger partial charge in [0.1, 0.15) is 12.3 Å². The van der Waals surface area contributed by atoms with E-state index in [1.54, 1.807) is 24.3 Å². The van der Waals surface area contributed by atoms with E-state index in [0.29, 0.717) is 5.69 Å². The molecule has 102 valence electrons. The van der Waals surface area contributed by atoms with Gasteiger partial charge in [0.2, 0.25) is 0 Å². The van der Waals surface area contributed by atoms with E-state index in [4.69, 9.17) is 4.74 Å². The average Bonchev–Trinajstić information content (AvgIpc) is 2.52. The fourth-order valence-electron chi connectivity index (χ4n) is 1.67. The van der Waals surface area contributed by atoms with Crippen molar-refractivity contribution in [3.8, 4) is 0 Å². The summed E-state index contributed by atoms with van der Waals surface area (Å²) in [7, 11) is 0. The highest BCUT2D eigenvalue weighted by molar-refractivity contribution is 5.67. The Bertz CT molecular complexity index is 585. The number of amides is 1. The molecule has 0 aliphatic heterocycles. The van der Waals surface area contributed by atoms with E-state index in [0.717, 1.165) is 11.1 Å². The number of hydrogen-bond donors (Lipinski definition) is 1. The van der Waals surface area contributed by atoms with Crippen LogP contribution >= 0.6 is 0 Å². The van der Waals surface area contributed by atoms with Crippen LogP contribution in [0.25, 0.3) is 0 Å². The Balaban J connectivity index is 1.78. The van der Waals surface area contributed by atoms with Crippen LogP contribution in [0.3, 0.4) is 0 Å². The van der Waals surface area contributed by atoms with Gasteiger partial charge in [0.15, 0.2) is 0 Å². The van der Waals surface area contributed by atoms with Gasteiger partial charge < -0.3 is 10.1 Å². The lowest BCUT2D eigenvalue weighted by atomic mass is 10.2. The van der Waals surface area contributed by atoms with E-state index in [-0.39, 0.29) is 13.2 Å². The van der Waals surface area contributed by atoms with Gasteiger partial charge in [0.25, 0.3) is 0 Å². The van der Waals surface area contributed by atoms with E-state index >= 15 is 0 Å². The van der Waals surface area contributed by atoms with Crippen LogP contribution in [0, 0.1) is 4.91 Å². The normalized spacial score (nSPS) is 9.80. The van der Waals surface area contributed by atoms with Crippen molar-refractivity contribution in [2.45, 2.75) is 13.2 Å². The summed E-state index contributed by atoms with van der Waals surface area (Å²) in [4.78, 5) is 21.9. The second-order valence-corrected chi connectivity index (χ2v) is 4.18. The average molecular weight is 270 g/mol. The van der Waals surface area contributed by atoms with Gasteiger partial charge in [-0.1, -0.05) is 42.5 Å². The van der Waals surface area contributed by atoms with Gasteiger partial charge in [0.05, 0.1) is 0 Å². The Morgan fingerprint density at radius 2 is 1.80 bits per heavy atom. The highest BCUT2D eigenvalue weighted by Gasteiger charge is 2.03. The summed E-state index contributed by atoms with van der Waals surface area (Å²) >= 11 is 0. The molecule has 1 N–H and O–H groups in total. The van der Waals surface area contributed by atoms with E-state index in [1.807, 2.05) is 30.3 Å². The fraction of sp³-hybridized carbons (Fsp3) is 0.133. The van der Waals surface area contributed by atoms with Crippen LogP contribution < -0.4 is 5.32 Å². The third-order valence-corrected chi connectivity index (χ3v) is 2.67. The third kappa shape index (κ3) is 4.20. The minimum absolute atomic E-state index is 0.225. The van der Waals surface area contributed by atoms with Gasteiger partial charge in [-0.3, -0.25) is 0 Å². The van der Waals surface area contributed by atoms with Crippen LogP contribution in [0.4, 0.5) is 10.5 Å². The summed E-state index contributed by atoms with van der Waals surface area (Å²) < 4.78 is 5.07. The number of hydrogen-bond acceptors (Lipinski definition) is 4. The zero-order chi connectivity index (χ0) is 14.2. The summed E-state index contributed by atoms with van der Waals surface area (Å²) in [5.41, 5.74) is 2.05. The molecule has 0 aromatic heterocycles. The smallest absolute Gasteiger partial charge is 0.407 e. The Hall–Kier alpha value is -2.69. The predicted molar refractivity (Wildman–Crippen MR) is 75.4 cm³/mol. The number of nitrogens with one attached hydrogen (secondary N) is 1. The van der Waals surface area contributed by atoms with Gasteiger partial charge in [-0.2, -0.15) is 0 Å². The number of carbonyl (C=O) groups is 1. The summed E-state index contributed by atoms with van der Waals surface area (Å²) in [5, 5.41) is 5.46. The van der Waals surface area contributed by atoms with E-state index < -0.39 is 6.09 Å². The topological polar surface area (TPSA) is 67.8 Å². The zero-order valence-electron chi connectivity index (χ0n) is 10.8. The molecular formula is C15H14N2O3. The first kappa shape index (κ1) is 13.7. The number of ether oxygens (including phenoxy) is 1. The maximum atomic E-state index is 11.5. The number of alkyl carbamates (subject to hydrolysis) is 1. The van der Waals surface area contributed by atoms with Crippen LogP contribution in [0.1, 0.15) is 11.1 Å². The highest BCUT2D eigenvalue weighted by Crippen LogP contribution is 2.13. The Labute approximate surface area is 116 Å². The second kappa shape index (κ2) is 7.04. The van der Waals surface area contributed by atoms with Crippen molar-refractivity contribution in [3.05, 3.63) is 70.6 Å². The minimum atomic E-state index is -0.502. The van der Waals surface area contributed by atoms with Crippen molar-refractivity contribution in [1.82, 2.24) is 5.32 Å². The van der Waals surface area contributed by atoms with Crippen molar-refractivity contribution in [3.63, 3.8) is 0 Å². The van der Waals surface area contributed by atoms with Crippen LogP contribution in [0.2, 0.25) is 0 Å². The van der Waals surface area contributed by atoms with Crippen LogP contribution in [0.15, 0.2) is 59.8 Å². The molecule has 2 rings (SSSR count). The lowest BCUT2D eigenvalue weighted by Crippen LogP contribution is -2.23. The number of nitrogens with zero attached hydrogens (tertiary/aromatic N) is 1. The molecule has 0 radical (unpaired) electrons. The molecule has 1 amide bonds. The van der Waals surface area contributed by atoms with Crippen LogP contribution in [-0.2, 0) is 17.9 Å². The van der Waals surface area contributed by atoms with Gasteiger partial charge in [-0.25, -0.2) is 4.79 Å². The monoisotopic (exact) mass is 270 g/mol. The molecular weight excluding hydrogens is 256 g/mol. The van der Waals surface area contributed by atoms with E-state index in [9.17, 15) is 9.70 Å². The van der Waals surface area contributed by atoms with E-state index in [2.05, 4.69) is 10.5 Å². The molecule has 0 atom stereocenters. The van der Waals surface area contributed by atoms with Gasteiger partial charge in [-0.05, 0) is 28.4 Å². The molecule has 0 saturated carbocycles. The van der Waals surface area contributed by atoms with Crippen LogP contribution in [0.5, 0.6) is 0 Å². The molecule has 2 aromatic rings. The molecule has 0 bridgehead atoms. The third-order valence-electron chi connectivity index (χ3n) is 2.67. The van der Waals surface area contributed by atoms with Gasteiger partial charge >= 0.3 is 6.09 Å². The highest BCUT2D eigenvalue weighted by atomic mass is 16.5. The molecule has 5 nitrogen and oxygen atoms in total. The Morgan fingerprint density at radius 3 is 2.55 bits per heavy atom. The van der Waals surface area contributed by atoms with Crippen molar-refractivity contribution < 1.29 is 9.53 Å². The molecule has 0 fully saturated rings. The second-order valence-electron chi connectivity index (χ2n) is 4.18. The summed E-state index contributed by atoms with van der Waals surface area (Å²) in [5.74, 6) is 0. The van der Waals surface area contributed by atoms with Crippen molar-refractivity contribution >= 4 is 11.8 Å². The maximum absolute atomic E-state index is 11.5. The first-order valence-corrected chi connectivity index (χ1v) is 6.15. The van der Waals surface area contributed by atoms with Gasteiger partial charge in [0, 0.05) is 6.54 Å². The largest absolute Gasteiger partial charge is 0.445 e. The quantitative estimate of drug-likeness (QED) is 0.845. The molecule has 0 aliphatic carbocycles. The molecule has 20 heavy (non-hydrogen) atoms. The fourth-order valence-corrected chi connectivity index (χ4v) is 1.67. The maximum Gasteiger partial charge on any atom is 0.407 e. The number of rotatable bonds is 5. The molecule has 0 spiro atoms. The summed E-state index contributed by atoms with van der Waals surface area (Å²) in [6.07, 6.45) is -0.502. The molecule has 0 saturated heterocycles. The van der Waals surface area contributed by atoms with Crippen molar-refractivity contribution in [2.75, 3.05) is 0 Å². The molecule has 2 aromatic carbocycles. The van der Waals surface area contributed by atoms with E-state index in [1.165, 1.54) is 0 Å². The first-order chi connectivity index (χ1) is 9.78. The minimum Gasteiger partial charge on any atom is -0.445 e. The molecule has 0 unspecified atom stereocenters. The number of carbonyl (C=O) groups excluding carboxylic acids is 1. The number of nitroso groups, excluding NO2 is 1. The summed E-state index contributed by atoms with van der Waals surface area (Å²) in [6.45, 7) is 0.513. The molecule has 0 heterocycles. The van der Waals surface area contributed by atoms with Crippen molar-refractivity contribution in [2.24, 2.45) is 5.18 Å². The number of benzene rings is 2. The lowest BCUT2D eigenvalue weighted by molar-refractivity contribution is 0.139. The van der Waals surface area contributed by atoms with Gasteiger partial charge in [-0.15, -0.1) is 4.91 Å². The zero-order valence-corrected chi connectivity index (χ0v) is 10.8. The Morgan fingerprint density at radius 1 is 1.05 bits per heavy atom. The predicted octanol–water partition coefficient (Wildman–Crippen LogP) is 3.51. The molecule has 0 aliphatic rings. The lowest BCUT2D eigenvalue weighted by Gasteiger charge is -2.07. The first-order valence-electron chi connectivity index (χ1n) is 6.15. The van der Waals surface area contributed by atoms with Crippen molar-refractivity contribution in [1.29, 1.82) is 0 Å².